The van der Waals surface area contributed by atoms with E-state index in [4.69, 9.17) is 0 Å². The summed E-state index contributed by atoms with van der Waals surface area (Å²) in [6.45, 7) is -0.589. The number of urea groups is 1. The highest BCUT2D eigenvalue weighted by Crippen LogP contribution is 2.09. The fraction of sp³-hybridized carbons (Fsp3) is 0.286. The average Bonchev–Trinajstić information content (AvgIpc) is 2.55. The van der Waals surface area contributed by atoms with Crippen molar-refractivity contribution in [2.24, 2.45) is 0 Å². The largest absolute Gasteiger partial charge is 0.455 e. The number of halogens is 1. The maximum absolute atomic E-state index is 12.7. The Hall–Kier alpha value is -2.62. The van der Waals surface area contributed by atoms with Gasteiger partial charge in [0.2, 0.25) is 5.91 Å². The third-order valence-corrected chi connectivity index (χ3v) is 3.33. The maximum atomic E-state index is 12.7. The Labute approximate surface area is 141 Å². The number of anilines is 1. The van der Waals surface area contributed by atoms with Gasteiger partial charge in [0.1, 0.15) is 5.82 Å². The highest BCUT2D eigenvalue weighted by molar-refractivity contribution is 8.00. The van der Waals surface area contributed by atoms with E-state index in [0.717, 1.165) is 11.8 Å². The summed E-state index contributed by atoms with van der Waals surface area (Å²) in [6.07, 6.45) is 0. The second-order valence-electron chi connectivity index (χ2n) is 4.34. The lowest BCUT2D eigenvalue weighted by Gasteiger charge is -2.06. The molecule has 1 rings (SSSR count). The van der Waals surface area contributed by atoms with Gasteiger partial charge in [0.05, 0.1) is 11.5 Å². The third-order valence-electron chi connectivity index (χ3n) is 2.43. The molecule has 4 amide bonds. The molecule has 0 atom stereocenters. The number of rotatable bonds is 7. The van der Waals surface area contributed by atoms with Crippen LogP contribution in [0.5, 0.6) is 0 Å². The molecule has 0 radical (unpaired) electrons. The topological polar surface area (TPSA) is 114 Å². The predicted octanol–water partition coefficient (Wildman–Crippen LogP) is 0.496. The Kier molecular flexibility index (Phi) is 8.26. The summed E-state index contributed by atoms with van der Waals surface area (Å²) in [5.74, 6) is -2.38. The lowest BCUT2D eigenvalue weighted by Crippen LogP contribution is -2.39. The molecule has 0 spiro atoms. The van der Waals surface area contributed by atoms with E-state index in [-0.39, 0.29) is 17.4 Å². The number of thioether (sulfide) groups is 1. The fourth-order valence-electron chi connectivity index (χ4n) is 1.37. The summed E-state index contributed by atoms with van der Waals surface area (Å²) < 4.78 is 17.4. The fourth-order valence-corrected chi connectivity index (χ4v) is 1.98. The van der Waals surface area contributed by atoms with E-state index < -0.39 is 30.3 Å². The van der Waals surface area contributed by atoms with Crippen LogP contribution in [0.2, 0.25) is 0 Å². The number of carbonyl (C=O) groups excluding carboxylic acids is 4. The van der Waals surface area contributed by atoms with Gasteiger partial charge in [-0.1, -0.05) is 0 Å². The van der Waals surface area contributed by atoms with Gasteiger partial charge in [0.15, 0.2) is 6.61 Å². The Bertz CT molecular complexity index is 609. The number of benzene rings is 1. The normalized spacial score (nSPS) is 9.75. The van der Waals surface area contributed by atoms with Crippen LogP contribution in [-0.2, 0) is 19.1 Å². The van der Waals surface area contributed by atoms with Crippen LogP contribution < -0.4 is 16.0 Å². The zero-order valence-corrected chi connectivity index (χ0v) is 13.6. The standard InChI is InChI=1S/C14H16FN3O5S/c1-16-14(22)18-11(19)6-23-13(21)8-24-7-12(20)17-10-4-2-9(15)3-5-10/h2-5H,6-8H2,1H3,(H,17,20)(H2,16,18,19,22). The van der Waals surface area contributed by atoms with Crippen LogP contribution in [0.4, 0.5) is 14.9 Å². The predicted molar refractivity (Wildman–Crippen MR) is 85.9 cm³/mol. The average molecular weight is 357 g/mol. The van der Waals surface area contributed by atoms with Crippen LogP contribution in [0, 0.1) is 5.82 Å². The van der Waals surface area contributed by atoms with E-state index in [1.54, 1.807) is 0 Å². The van der Waals surface area contributed by atoms with E-state index in [0.29, 0.717) is 5.69 Å². The van der Waals surface area contributed by atoms with Crippen LogP contribution in [0.25, 0.3) is 0 Å². The summed E-state index contributed by atoms with van der Waals surface area (Å²) >= 11 is 0.990. The lowest BCUT2D eigenvalue weighted by molar-refractivity contribution is -0.145. The summed E-state index contributed by atoms with van der Waals surface area (Å²) in [7, 11) is 1.34. The minimum atomic E-state index is -0.762. The summed E-state index contributed by atoms with van der Waals surface area (Å²) in [4.78, 5) is 45.0. The zero-order valence-electron chi connectivity index (χ0n) is 12.8. The van der Waals surface area contributed by atoms with Gasteiger partial charge < -0.3 is 15.4 Å². The van der Waals surface area contributed by atoms with Crippen molar-refractivity contribution in [2.75, 3.05) is 30.5 Å². The van der Waals surface area contributed by atoms with Gasteiger partial charge in [-0.15, -0.1) is 11.8 Å². The van der Waals surface area contributed by atoms with Crippen LogP contribution in [0.3, 0.4) is 0 Å². The Balaban J connectivity index is 2.18. The lowest BCUT2D eigenvalue weighted by atomic mass is 10.3. The van der Waals surface area contributed by atoms with E-state index in [1.807, 2.05) is 5.32 Å². The SMILES string of the molecule is CNC(=O)NC(=O)COC(=O)CSCC(=O)Nc1ccc(F)cc1. The Morgan fingerprint density at radius 1 is 1.08 bits per heavy atom. The molecule has 0 aliphatic rings. The van der Waals surface area contributed by atoms with Crippen molar-refractivity contribution in [3.8, 4) is 0 Å². The number of imide groups is 1. The Morgan fingerprint density at radius 3 is 2.38 bits per heavy atom. The molecule has 0 aliphatic heterocycles. The second kappa shape index (κ2) is 10.2. The first-order valence-electron chi connectivity index (χ1n) is 6.71. The van der Waals surface area contributed by atoms with Crippen molar-refractivity contribution >= 4 is 41.3 Å². The number of esters is 1. The Morgan fingerprint density at radius 2 is 1.75 bits per heavy atom. The van der Waals surface area contributed by atoms with Crippen molar-refractivity contribution in [3.05, 3.63) is 30.1 Å². The van der Waals surface area contributed by atoms with Gasteiger partial charge in [-0.2, -0.15) is 0 Å². The first kappa shape index (κ1) is 19.4. The molecule has 24 heavy (non-hydrogen) atoms. The molecule has 1 aromatic carbocycles. The molecule has 0 fully saturated rings. The molecule has 130 valence electrons. The van der Waals surface area contributed by atoms with Gasteiger partial charge in [-0.05, 0) is 24.3 Å². The van der Waals surface area contributed by atoms with Crippen molar-refractivity contribution in [1.82, 2.24) is 10.6 Å². The minimum Gasteiger partial charge on any atom is -0.455 e. The first-order chi connectivity index (χ1) is 11.4. The van der Waals surface area contributed by atoms with Crippen LogP contribution >= 0.6 is 11.8 Å². The zero-order chi connectivity index (χ0) is 17.9. The van der Waals surface area contributed by atoms with Crippen LogP contribution in [0.15, 0.2) is 24.3 Å². The molecule has 0 unspecified atom stereocenters. The minimum absolute atomic E-state index is 0.0170. The number of nitrogens with one attached hydrogen (secondary N) is 3. The third kappa shape index (κ3) is 8.13. The van der Waals surface area contributed by atoms with Crippen LogP contribution in [0.1, 0.15) is 0 Å². The molecule has 0 aromatic heterocycles. The summed E-state index contributed by atoms with van der Waals surface area (Å²) in [6, 6.07) is 4.55. The summed E-state index contributed by atoms with van der Waals surface area (Å²) in [5.41, 5.74) is 0.440. The van der Waals surface area contributed by atoms with Gasteiger partial charge in [0.25, 0.3) is 5.91 Å². The number of amides is 4. The van der Waals surface area contributed by atoms with Crippen molar-refractivity contribution in [1.29, 1.82) is 0 Å². The van der Waals surface area contributed by atoms with E-state index >= 15 is 0 Å². The number of ether oxygens (including phenoxy) is 1. The first-order valence-corrected chi connectivity index (χ1v) is 7.86. The van der Waals surface area contributed by atoms with Gasteiger partial charge in [-0.3, -0.25) is 19.7 Å². The van der Waals surface area contributed by atoms with Crippen molar-refractivity contribution < 1.29 is 28.3 Å². The van der Waals surface area contributed by atoms with E-state index in [9.17, 15) is 23.6 Å². The van der Waals surface area contributed by atoms with Gasteiger partial charge >= 0.3 is 12.0 Å². The second-order valence-corrected chi connectivity index (χ2v) is 5.32. The molecule has 0 bridgehead atoms. The highest BCUT2D eigenvalue weighted by atomic mass is 32.2. The molecule has 0 heterocycles. The molecule has 8 nitrogen and oxygen atoms in total. The van der Waals surface area contributed by atoms with Crippen LogP contribution in [-0.4, -0.2) is 49.0 Å². The monoisotopic (exact) mass is 357 g/mol. The van der Waals surface area contributed by atoms with Gasteiger partial charge in [-0.25, -0.2) is 9.18 Å². The number of hydrogen-bond acceptors (Lipinski definition) is 6. The molecule has 10 heteroatoms. The smallest absolute Gasteiger partial charge is 0.321 e. The van der Waals surface area contributed by atoms with E-state index in [1.165, 1.54) is 31.3 Å². The highest BCUT2D eigenvalue weighted by Gasteiger charge is 2.11. The quantitative estimate of drug-likeness (QED) is 0.612. The molecule has 3 N–H and O–H groups in total. The summed E-state index contributed by atoms with van der Waals surface area (Å²) in [5, 5.41) is 6.63. The van der Waals surface area contributed by atoms with E-state index in [2.05, 4.69) is 15.4 Å². The van der Waals surface area contributed by atoms with Crippen molar-refractivity contribution in [2.45, 2.75) is 0 Å². The molecular formula is C14H16FN3O5S. The molecule has 0 aliphatic carbocycles. The molecule has 0 saturated carbocycles. The number of hydrogen-bond donors (Lipinski definition) is 3. The van der Waals surface area contributed by atoms with Gasteiger partial charge in [0, 0.05) is 12.7 Å². The number of carbonyl (C=O) groups is 4. The molecule has 0 saturated heterocycles. The molecular weight excluding hydrogens is 341 g/mol. The van der Waals surface area contributed by atoms with Crippen molar-refractivity contribution in [3.63, 3.8) is 0 Å². The molecule has 1 aromatic rings. The maximum Gasteiger partial charge on any atom is 0.321 e.